The molecule has 3 heteroatoms. The molecule has 0 amide bonds. The lowest BCUT2D eigenvalue weighted by Crippen LogP contribution is -2.09. The molecule has 2 N–H and O–H groups in total. The molecule has 1 heterocycles. The Balaban J connectivity index is 2.13. The maximum Gasteiger partial charge on any atom is 0.115 e. The fourth-order valence-corrected chi connectivity index (χ4v) is 2.15. The van der Waals surface area contributed by atoms with Crippen molar-refractivity contribution in [1.82, 2.24) is 9.97 Å². The van der Waals surface area contributed by atoms with Gasteiger partial charge in [0, 0.05) is 18.2 Å². The Morgan fingerprint density at radius 2 is 2.00 bits per heavy atom. The average molecular weight is 191 g/mol. The van der Waals surface area contributed by atoms with Crippen molar-refractivity contribution in [1.29, 1.82) is 0 Å². The monoisotopic (exact) mass is 191 g/mol. The Morgan fingerprint density at radius 3 is 2.71 bits per heavy atom. The van der Waals surface area contributed by atoms with Gasteiger partial charge in [0.1, 0.15) is 6.33 Å². The van der Waals surface area contributed by atoms with Gasteiger partial charge in [-0.2, -0.15) is 0 Å². The van der Waals surface area contributed by atoms with E-state index in [2.05, 4.69) is 16.0 Å². The first-order chi connectivity index (χ1) is 6.90. The van der Waals surface area contributed by atoms with Gasteiger partial charge in [0.25, 0.3) is 0 Å². The fraction of sp³-hybridized carbons (Fsp3) is 0.636. The van der Waals surface area contributed by atoms with E-state index in [9.17, 15) is 0 Å². The van der Waals surface area contributed by atoms with Crippen molar-refractivity contribution < 1.29 is 0 Å². The third-order valence-corrected chi connectivity index (χ3v) is 2.98. The van der Waals surface area contributed by atoms with Crippen LogP contribution >= 0.6 is 0 Å². The zero-order chi connectivity index (χ0) is 9.80. The van der Waals surface area contributed by atoms with Gasteiger partial charge in [0.15, 0.2) is 0 Å². The standard InChI is InChI=1S/C11H17N3/c12-7-10-6-11(14-8-13-10)9-4-2-1-3-5-9/h6,8-9H,1-5,7,12H2. The maximum absolute atomic E-state index is 5.56. The highest BCUT2D eigenvalue weighted by molar-refractivity contribution is 5.13. The molecule has 1 aromatic heterocycles. The van der Waals surface area contributed by atoms with Gasteiger partial charge in [0.2, 0.25) is 0 Å². The summed E-state index contributed by atoms with van der Waals surface area (Å²) in [5.41, 5.74) is 7.71. The molecule has 0 spiro atoms. The zero-order valence-corrected chi connectivity index (χ0v) is 8.45. The molecule has 14 heavy (non-hydrogen) atoms. The molecule has 76 valence electrons. The predicted molar refractivity (Wildman–Crippen MR) is 55.7 cm³/mol. The van der Waals surface area contributed by atoms with Gasteiger partial charge >= 0.3 is 0 Å². The smallest absolute Gasteiger partial charge is 0.115 e. The highest BCUT2D eigenvalue weighted by Crippen LogP contribution is 2.31. The second-order valence-electron chi connectivity index (χ2n) is 3.97. The molecule has 0 atom stereocenters. The van der Waals surface area contributed by atoms with Crippen LogP contribution < -0.4 is 5.73 Å². The number of hydrogen-bond acceptors (Lipinski definition) is 3. The maximum atomic E-state index is 5.56. The van der Waals surface area contributed by atoms with Gasteiger partial charge in [-0.05, 0) is 18.9 Å². The van der Waals surface area contributed by atoms with Crippen molar-refractivity contribution in [3.05, 3.63) is 23.8 Å². The third-order valence-electron chi connectivity index (χ3n) is 2.98. The summed E-state index contributed by atoms with van der Waals surface area (Å²) in [5, 5.41) is 0. The summed E-state index contributed by atoms with van der Waals surface area (Å²) >= 11 is 0. The Bertz CT molecular complexity index is 292. The number of aromatic nitrogens is 2. The van der Waals surface area contributed by atoms with Gasteiger partial charge in [-0.1, -0.05) is 19.3 Å². The van der Waals surface area contributed by atoms with Crippen LogP contribution in [0.5, 0.6) is 0 Å². The lowest BCUT2D eigenvalue weighted by molar-refractivity contribution is 0.436. The van der Waals surface area contributed by atoms with Gasteiger partial charge in [-0.25, -0.2) is 9.97 Å². The average Bonchev–Trinajstić information content (AvgIpc) is 2.30. The molecule has 1 aromatic rings. The first-order valence-corrected chi connectivity index (χ1v) is 5.41. The number of rotatable bonds is 2. The molecule has 1 saturated carbocycles. The van der Waals surface area contributed by atoms with E-state index in [1.54, 1.807) is 6.33 Å². The van der Waals surface area contributed by atoms with Gasteiger partial charge in [-0.3, -0.25) is 0 Å². The molecule has 0 aromatic carbocycles. The minimum absolute atomic E-state index is 0.516. The minimum atomic E-state index is 0.516. The van der Waals surface area contributed by atoms with Crippen LogP contribution in [-0.2, 0) is 6.54 Å². The summed E-state index contributed by atoms with van der Waals surface area (Å²) in [6.45, 7) is 0.516. The Kier molecular flexibility index (Phi) is 3.09. The lowest BCUT2D eigenvalue weighted by Gasteiger charge is -2.20. The first-order valence-electron chi connectivity index (χ1n) is 5.41. The molecule has 1 aliphatic carbocycles. The second-order valence-corrected chi connectivity index (χ2v) is 3.97. The Hall–Kier alpha value is -0.960. The Labute approximate surface area is 84.8 Å². The van der Waals surface area contributed by atoms with E-state index >= 15 is 0 Å². The molecule has 0 bridgehead atoms. The summed E-state index contributed by atoms with van der Waals surface area (Å²) in [6.07, 6.45) is 8.26. The van der Waals surface area contributed by atoms with E-state index in [4.69, 9.17) is 5.73 Å². The predicted octanol–water partition coefficient (Wildman–Crippen LogP) is 1.98. The van der Waals surface area contributed by atoms with E-state index in [-0.39, 0.29) is 0 Å². The van der Waals surface area contributed by atoms with Crippen molar-refractivity contribution in [3.8, 4) is 0 Å². The van der Waals surface area contributed by atoms with E-state index < -0.39 is 0 Å². The van der Waals surface area contributed by atoms with Crippen LogP contribution in [0, 0.1) is 0 Å². The summed E-state index contributed by atoms with van der Waals surface area (Å²) in [4.78, 5) is 8.46. The molecule has 0 aliphatic heterocycles. The fourth-order valence-electron chi connectivity index (χ4n) is 2.15. The molecule has 0 unspecified atom stereocenters. The highest BCUT2D eigenvalue weighted by Gasteiger charge is 2.16. The number of nitrogens with zero attached hydrogens (tertiary/aromatic N) is 2. The van der Waals surface area contributed by atoms with Gasteiger partial charge in [0.05, 0.1) is 5.69 Å². The van der Waals surface area contributed by atoms with Crippen LogP contribution in [-0.4, -0.2) is 9.97 Å². The van der Waals surface area contributed by atoms with Crippen LogP contribution in [0.25, 0.3) is 0 Å². The quantitative estimate of drug-likeness (QED) is 0.777. The molecule has 1 fully saturated rings. The van der Waals surface area contributed by atoms with Crippen molar-refractivity contribution in [3.63, 3.8) is 0 Å². The van der Waals surface area contributed by atoms with Crippen molar-refractivity contribution in [2.45, 2.75) is 44.6 Å². The van der Waals surface area contributed by atoms with E-state index in [1.807, 2.05) is 0 Å². The lowest BCUT2D eigenvalue weighted by atomic mass is 9.87. The van der Waals surface area contributed by atoms with Crippen molar-refractivity contribution in [2.24, 2.45) is 5.73 Å². The van der Waals surface area contributed by atoms with Crippen LogP contribution in [0.3, 0.4) is 0 Å². The van der Waals surface area contributed by atoms with E-state index in [0.717, 1.165) is 5.69 Å². The van der Waals surface area contributed by atoms with Crippen LogP contribution in [0.1, 0.15) is 49.4 Å². The molecule has 0 saturated heterocycles. The number of nitrogens with two attached hydrogens (primary N) is 1. The molecule has 1 aliphatic rings. The second kappa shape index (κ2) is 4.51. The molecule has 3 nitrogen and oxygen atoms in total. The normalized spacial score (nSPS) is 18.4. The summed E-state index contributed by atoms with van der Waals surface area (Å²) in [7, 11) is 0. The SMILES string of the molecule is NCc1cc(C2CCCCC2)ncn1. The van der Waals surface area contributed by atoms with E-state index in [1.165, 1.54) is 37.8 Å². The van der Waals surface area contributed by atoms with Crippen molar-refractivity contribution in [2.75, 3.05) is 0 Å². The minimum Gasteiger partial charge on any atom is -0.325 e. The third kappa shape index (κ3) is 2.10. The van der Waals surface area contributed by atoms with Crippen LogP contribution in [0.4, 0.5) is 0 Å². The Morgan fingerprint density at radius 1 is 1.21 bits per heavy atom. The van der Waals surface area contributed by atoms with Crippen LogP contribution in [0.2, 0.25) is 0 Å². The molecule has 0 radical (unpaired) electrons. The van der Waals surface area contributed by atoms with Crippen molar-refractivity contribution >= 4 is 0 Å². The number of hydrogen-bond donors (Lipinski definition) is 1. The molecular formula is C11H17N3. The summed E-state index contributed by atoms with van der Waals surface area (Å²) < 4.78 is 0. The summed E-state index contributed by atoms with van der Waals surface area (Å²) in [6, 6.07) is 2.07. The van der Waals surface area contributed by atoms with E-state index in [0.29, 0.717) is 12.5 Å². The van der Waals surface area contributed by atoms with Crippen LogP contribution in [0.15, 0.2) is 12.4 Å². The summed E-state index contributed by atoms with van der Waals surface area (Å²) in [5.74, 6) is 0.650. The zero-order valence-electron chi connectivity index (χ0n) is 8.45. The largest absolute Gasteiger partial charge is 0.325 e. The van der Waals surface area contributed by atoms with Gasteiger partial charge < -0.3 is 5.73 Å². The first kappa shape index (κ1) is 9.59. The molecular weight excluding hydrogens is 174 g/mol. The molecule has 2 rings (SSSR count). The van der Waals surface area contributed by atoms with Gasteiger partial charge in [-0.15, -0.1) is 0 Å². The highest BCUT2D eigenvalue weighted by atomic mass is 14.9. The topological polar surface area (TPSA) is 51.8 Å².